The first-order valence-corrected chi connectivity index (χ1v) is 7.98. The molecule has 0 aromatic heterocycles. The zero-order chi connectivity index (χ0) is 17.2. The second kappa shape index (κ2) is 6.31. The van der Waals surface area contributed by atoms with Gasteiger partial charge in [0.15, 0.2) is 11.6 Å². The van der Waals surface area contributed by atoms with Crippen molar-refractivity contribution in [1.29, 1.82) is 0 Å². The molecule has 0 amide bonds. The monoisotopic (exact) mass is 333 g/mol. The van der Waals surface area contributed by atoms with E-state index in [2.05, 4.69) is 0 Å². The number of hydrogen-bond donors (Lipinski definition) is 0. The topological polar surface area (TPSA) is 101 Å². The third-order valence-corrected chi connectivity index (χ3v) is 3.92. The lowest BCUT2D eigenvalue weighted by atomic mass is 10.0. The molecule has 23 heavy (non-hydrogen) atoms. The van der Waals surface area contributed by atoms with E-state index in [0.29, 0.717) is 11.1 Å². The van der Waals surface area contributed by atoms with E-state index in [-0.39, 0.29) is 28.0 Å². The van der Waals surface area contributed by atoms with Crippen molar-refractivity contribution in [3.63, 3.8) is 0 Å². The van der Waals surface area contributed by atoms with E-state index in [1.807, 2.05) is 0 Å². The van der Waals surface area contributed by atoms with Gasteiger partial charge in [0.1, 0.15) is 21.6 Å². The molecule has 6 nitrogen and oxygen atoms in total. The summed E-state index contributed by atoms with van der Waals surface area (Å²) in [5.41, 5.74) is 0.651. The molecule has 0 saturated carbocycles. The van der Waals surface area contributed by atoms with Crippen LogP contribution in [0.1, 0.15) is 34.6 Å². The molecule has 0 spiro atoms. The van der Waals surface area contributed by atoms with Crippen LogP contribution in [-0.2, 0) is 10.1 Å². The summed E-state index contributed by atoms with van der Waals surface area (Å²) in [6.07, 6.45) is 0. The number of Topliss-reactive ketones (excluding diaryl/α,β-unsaturated/α-hetero) is 2. The lowest BCUT2D eigenvalue weighted by Crippen LogP contribution is -2.00. The van der Waals surface area contributed by atoms with Gasteiger partial charge in [0, 0.05) is 11.1 Å². The number of carbonyl (C=O) groups excluding carboxylic acids is 2. The summed E-state index contributed by atoms with van der Waals surface area (Å²) >= 11 is 0. The number of rotatable bonds is 5. The highest BCUT2D eigenvalue weighted by Gasteiger charge is 2.10. The molecular formula is C16H13O6S-. The van der Waals surface area contributed by atoms with E-state index in [4.69, 9.17) is 4.74 Å². The van der Waals surface area contributed by atoms with Crippen molar-refractivity contribution in [2.45, 2.75) is 18.7 Å². The molecule has 0 aliphatic rings. The smallest absolute Gasteiger partial charge is 0.159 e. The second-order valence-electron chi connectivity index (χ2n) is 4.89. The van der Waals surface area contributed by atoms with E-state index in [0.717, 1.165) is 12.1 Å². The largest absolute Gasteiger partial charge is 0.744 e. The van der Waals surface area contributed by atoms with Crippen LogP contribution in [0.15, 0.2) is 47.4 Å². The normalized spacial score (nSPS) is 11.1. The van der Waals surface area contributed by atoms with Gasteiger partial charge in [0.25, 0.3) is 0 Å². The van der Waals surface area contributed by atoms with Gasteiger partial charge in [-0.1, -0.05) is 0 Å². The third-order valence-electron chi connectivity index (χ3n) is 3.07. The standard InChI is InChI=1S/C16H14O6S/c1-10(17)12-7-13(11(2)18)9-15(8-12)22-14-3-5-16(6-4-14)23(19,20)21/h3-9H,1-2H3,(H,19,20,21)/p-1. The first-order chi connectivity index (χ1) is 10.7. The van der Waals surface area contributed by atoms with Gasteiger partial charge in [0.05, 0.1) is 4.90 Å². The van der Waals surface area contributed by atoms with Crippen molar-refractivity contribution in [3.8, 4) is 11.5 Å². The molecule has 0 heterocycles. The van der Waals surface area contributed by atoms with E-state index in [9.17, 15) is 22.6 Å². The maximum Gasteiger partial charge on any atom is 0.159 e. The van der Waals surface area contributed by atoms with Gasteiger partial charge in [-0.2, -0.15) is 0 Å². The summed E-state index contributed by atoms with van der Waals surface area (Å²) in [5.74, 6) is 0.102. The van der Waals surface area contributed by atoms with Crippen LogP contribution in [0.2, 0.25) is 0 Å². The molecule has 2 rings (SSSR count). The Morgan fingerprint density at radius 1 is 0.870 bits per heavy atom. The fourth-order valence-electron chi connectivity index (χ4n) is 1.87. The lowest BCUT2D eigenvalue weighted by Gasteiger charge is -2.10. The molecule has 0 atom stereocenters. The van der Waals surface area contributed by atoms with Gasteiger partial charge < -0.3 is 9.29 Å². The molecule has 2 aromatic rings. The SMILES string of the molecule is CC(=O)c1cc(Oc2ccc(S(=O)(=O)[O-])cc2)cc(C(C)=O)c1. The molecule has 7 heteroatoms. The Bertz CT molecular complexity index is 834. The molecule has 0 aliphatic carbocycles. The van der Waals surface area contributed by atoms with Crippen molar-refractivity contribution in [2.75, 3.05) is 0 Å². The summed E-state index contributed by atoms with van der Waals surface area (Å²) in [5, 5.41) is 0. The predicted molar refractivity (Wildman–Crippen MR) is 80.9 cm³/mol. The van der Waals surface area contributed by atoms with Crippen LogP contribution < -0.4 is 4.74 Å². The molecule has 0 radical (unpaired) electrons. The Labute approximate surface area is 133 Å². The average molecular weight is 333 g/mol. The molecule has 0 N–H and O–H groups in total. The second-order valence-corrected chi connectivity index (χ2v) is 6.27. The van der Waals surface area contributed by atoms with Crippen LogP contribution in [0.3, 0.4) is 0 Å². The van der Waals surface area contributed by atoms with Crippen molar-refractivity contribution in [2.24, 2.45) is 0 Å². The number of ketones is 2. The number of carbonyl (C=O) groups is 2. The van der Waals surface area contributed by atoms with E-state index in [1.165, 1.54) is 44.2 Å². The molecular weight excluding hydrogens is 320 g/mol. The minimum absolute atomic E-state index is 0.217. The molecule has 0 aliphatic heterocycles. The lowest BCUT2D eigenvalue weighted by molar-refractivity contribution is 0.101. The van der Waals surface area contributed by atoms with Crippen molar-refractivity contribution in [1.82, 2.24) is 0 Å². The Morgan fingerprint density at radius 3 is 1.74 bits per heavy atom. The Balaban J connectivity index is 2.36. The summed E-state index contributed by atoms with van der Waals surface area (Å²) in [4.78, 5) is 22.7. The molecule has 2 aromatic carbocycles. The summed E-state index contributed by atoms with van der Waals surface area (Å²) < 4.78 is 38.1. The quantitative estimate of drug-likeness (QED) is 0.616. The molecule has 0 fully saturated rings. The predicted octanol–water partition coefficient (Wildman–Crippen LogP) is 2.79. The van der Waals surface area contributed by atoms with Crippen LogP contribution in [0.25, 0.3) is 0 Å². The maximum absolute atomic E-state index is 11.5. The fraction of sp³-hybridized carbons (Fsp3) is 0.125. The minimum Gasteiger partial charge on any atom is -0.744 e. The number of hydrogen-bond acceptors (Lipinski definition) is 6. The zero-order valence-electron chi connectivity index (χ0n) is 12.4. The highest BCUT2D eigenvalue weighted by molar-refractivity contribution is 7.85. The minimum atomic E-state index is -4.52. The molecule has 0 bridgehead atoms. The number of benzene rings is 2. The summed E-state index contributed by atoms with van der Waals surface area (Å²) in [6.45, 7) is 2.74. The Hall–Kier alpha value is -2.51. The molecule has 120 valence electrons. The van der Waals surface area contributed by atoms with Gasteiger partial charge in [0.2, 0.25) is 0 Å². The summed E-state index contributed by atoms with van der Waals surface area (Å²) in [6, 6.07) is 9.32. The van der Waals surface area contributed by atoms with Crippen LogP contribution in [0, 0.1) is 0 Å². The highest BCUT2D eigenvalue weighted by atomic mass is 32.2. The molecule has 0 unspecified atom stereocenters. The van der Waals surface area contributed by atoms with Gasteiger partial charge >= 0.3 is 0 Å². The van der Waals surface area contributed by atoms with Crippen LogP contribution in [0.4, 0.5) is 0 Å². The first-order valence-electron chi connectivity index (χ1n) is 6.57. The number of ether oxygens (including phenoxy) is 1. The van der Waals surface area contributed by atoms with Crippen molar-refractivity contribution in [3.05, 3.63) is 53.6 Å². The van der Waals surface area contributed by atoms with E-state index < -0.39 is 10.1 Å². The van der Waals surface area contributed by atoms with E-state index >= 15 is 0 Å². The van der Waals surface area contributed by atoms with Crippen molar-refractivity contribution < 1.29 is 27.3 Å². The van der Waals surface area contributed by atoms with Crippen LogP contribution in [0.5, 0.6) is 11.5 Å². The molecule has 0 saturated heterocycles. The Kier molecular flexibility index (Phi) is 4.63. The van der Waals surface area contributed by atoms with Gasteiger partial charge in [-0.25, -0.2) is 8.42 Å². The van der Waals surface area contributed by atoms with Crippen LogP contribution in [-0.4, -0.2) is 24.5 Å². The average Bonchev–Trinajstić information content (AvgIpc) is 2.46. The summed E-state index contributed by atoms with van der Waals surface area (Å²) in [7, 11) is -4.52. The first kappa shape index (κ1) is 16.9. The van der Waals surface area contributed by atoms with Gasteiger partial charge in [-0.3, -0.25) is 9.59 Å². The van der Waals surface area contributed by atoms with Crippen molar-refractivity contribution >= 4 is 21.7 Å². The van der Waals surface area contributed by atoms with E-state index in [1.54, 1.807) is 0 Å². The highest BCUT2D eigenvalue weighted by Crippen LogP contribution is 2.25. The Morgan fingerprint density at radius 2 is 1.35 bits per heavy atom. The van der Waals surface area contributed by atoms with Gasteiger partial charge in [-0.15, -0.1) is 0 Å². The fourth-order valence-corrected chi connectivity index (χ4v) is 2.34. The van der Waals surface area contributed by atoms with Crippen LogP contribution >= 0.6 is 0 Å². The van der Waals surface area contributed by atoms with Gasteiger partial charge in [-0.05, 0) is 56.3 Å². The third kappa shape index (κ3) is 4.24. The zero-order valence-corrected chi connectivity index (χ0v) is 13.2. The maximum atomic E-state index is 11.5.